The zero-order valence-corrected chi connectivity index (χ0v) is 14.3. The first kappa shape index (κ1) is 16.8. The number of benzene rings is 1. The van der Waals surface area contributed by atoms with Crippen LogP contribution in [0.2, 0.25) is 0 Å². The van der Waals surface area contributed by atoms with E-state index in [1.165, 1.54) is 16.8 Å². The van der Waals surface area contributed by atoms with Crippen molar-refractivity contribution in [3.05, 3.63) is 59.9 Å². The molecule has 0 spiro atoms. The van der Waals surface area contributed by atoms with Gasteiger partial charge in [0.25, 0.3) is 0 Å². The fraction of sp³-hybridized carbons (Fsp3) is 0.111. The molecule has 0 aliphatic rings. The highest BCUT2D eigenvalue weighted by molar-refractivity contribution is 5.98. The van der Waals surface area contributed by atoms with Crippen molar-refractivity contribution in [3.63, 3.8) is 0 Å². The van der Waals surface area contributed by atoms with Crippen LogP contribution < -0.4 is 11.1 Å². The van der Waals surface area contributed by atoms with Crippen LogP contribution in [0.5, 0.6) is 0 Å². The van der Waals surface area contributed by atoms with Crippen molar-refractivity contribution in [3.8, 4) is 11.3 Å². The van der Waals surface area contributed by atoms with Gasteiger partial charge in [0, 0.05) is 24.9 Å². The number of pyridine rings is 1. The molecule has 0 unspecified atom stereocenters. The first-order valence-corrected chi connectivity index (χ1v) is 8.12. The molecule has 4 aromatic rings. The Morgan fingerprint density at radius 2 is 2.00 bits per heavy atom. The summed E-state index contributed by atoms with van der Waals surface area (Å²) in [4.78, 5) is 13.0. The molecule has 0 saturated heterocycles. The highest BCUT2D eigenvalue weighted by Gasteiger charge is 2.19. The third-order valence-corrected chi connectivity index (χ3v) is 4.08. The minimum Gasteiger partial charge on any atom is -0.383 e. The number of halogens is 2. The summed E-state index contributed by atoms with van der Waals surface area (Å²) in [6.45, 7) is 0.375. The molecular formula is C18H15F2N7. The van der Waals surface area contributed by atoms with Gasteiger partial charge in [-0.2, -0.15) is 10.1 Å². The average molecular weight is 367 g/mol. The van der Waals surface area contributed by atoms with Crippen molar-refractivity contribution >= 4 is 22.8 Å². The monoisotopic (exact) mass is 367 g/mol. The largest absolute Gasteiger partial charge is 0.383 e. The normalized spacial score (nSPS) is 11.1. The van der Waals surface area contributed by atoms with Crippen molar-refractivity contribution in [2.24, 2.45) is 7.05 Å². The predicted molar refractivity (Wildman–Crippen MR) is 97.6 cm³/mol. The van der Waals surface area contributed by atoms with Gasteiger partial charge in [-0.05, 0) is 24.3 Å². The predicted octanol–water partition coefficient (Wildman–Crippen LogP) is 2.90. The zero-order valence-electron chi connectivity index (χ0n) is 14.3. The minimum atomic E-state index is -0.742. The lowest BCUT2D eigenvalue weighted by molar-refractivity contribution is 0.585. The summed E-state index contributed by atoms with van der Waals surface area (Å²) in [5, 5.41) is 7.71. The maximum absolute atomic E-state index is 14.4. The van der Waals surface area contributed by atoms with Crippen LogP contribution in [0.4, 0.5) is 20.5 Å². The number of nitrogens with zero attached hydrogens (tertiary/aromatic N) is 5. The first-order chi connectivity index (χ1) is 13.0. The number of nitrogens with two attached hydrogens (primary N) is 1. The fourth-order valence-corrected chi connectivity index (χ4v) is 2.74. The van der Waals surface area contributed by atoms with Crippen LogP contribution in [-0.4, -0.2) is 24.7 Å². The molecule has 0 saturated carbocycles. The van der Waals surface area contributed by atoms with E-state index in [9.17, 15) is 8.78 Å². The lowest BCUT2D eigenvalue weighted by Gasteiger charge is -2.09. The van der Waals surface area contributed by atoms with Gasteiger partial charge in [0.05, 0.1) is 23.3 Å². The van der Waals surface area contributed by atoms with Gasteiger partial charge in [0.2, 0.25) is 5.95 Å². The third-order valence-electron chi connectivity index (χ3n) is 4.08. The topological polar surface area (TPSA) is 94.5 Å². The highest BCUT2D eigenvalue weighted by Crippen LogP contribution is 2.32. The van der Waals surface area contributed by atoms with Crippen LogP contribution in [0.15, 0.2) is 42.6 Å². The van der Waals surface area contributed by atoms with Crippen LogP contribution in [-0.2, 0) is 13.6 Å². The molecule has 4 rings (SSSR count). The number of fused-ring (bicyclic) bond motifs is 1. The van der Waals surface area contributed by atoms with Crippen LogP contribution in [0.1, 0.15) is 5.69 Å². The van der Waals surface area contributed by atoms with Crippen LogP contribution in [0.25, 0.3) is 22.3 Å². The SMILES string of the molecule is Cn1nc2nc(NCc3ccccn3)nc(-c3ccc(F)cc3F)c2c1N. The molecule has 0 fully saturated rings. The Balaban J connectivity index is 1.82. The summed E-state index contributed by atoms with van der Waals surface area (Å²) < 4.78 is 29.1. The molecule has 3 N–H and O–H groups in total. The Hall–Kier alpha value is -3.62. The molecule has 27 heavy (non-hydrogen) atoms. The van der Waals surface area contributed by atoms with Crippen molar-refractivity contribution in [2.75, 3.05) is 11.1 Å². The van der Waals surface area contributed by atoms with E-state index in [-0.39, 0.29) is 17.2 Å². The van der Waals surface area contributed by atoms with Crippen LogP contribution >= 0.6 is 0 Å². The number of nitrogens with one attached hydrogen (secondary N) is 1. The summed E-state index contributed by atoms with van der Waals surface area (Å²) in [6.07, 6.45) is 1.68. The summed E-state index contributed by atoms with van der Waals surface area (Å²) >= 11 is 0. The van der Waals surface area contributed by atoms with Gasteiger partial charge in [-0.15, -0.1) is 0 Å². The first-order valence-electron chi connectivity index (χ1n) is 8.12. The summed E-state index contributed by atoms with van der Waals surface area (Å²) in [6, 6.07) is 8.83. The van der Waals surface area contributed by atoms with E-state index in [2.05, 4.69) is 25.4 Å². The smallest absolute Gasteiger partial charge is 0.225 e. The lowest BCUT2D eigenvalue weighted by Crippen LogP contribution is -2.06. The summed E-state index contributed by atoms with van der Waals surface area (Å²) in [7, 11) is 1.66. The molecule has 9 heteroatoms. The second kappa shape index (κ2) is 6.60. The van der Waals surface area contributed by atoms with Gasteiger partial charge in [0.15, 0.2) is 5.65 Å². The van der Waals surface area contributed by atoms with Crippen molar-refractivity contribution in [1.82, 2.24) is 24.7 Å². The Labute approximate surface area is 152 Å². The molecule has 0 aliphatic heterocycles. The minimum absolute atomic E-state index is 0.115. The summed E-state index contributed by atoms with van der Waals surface area (Å²) in [5.41, 5.74) is 7.52. The Kier molecular flexibility index (Phi) is 4.11. The van der Waals surface area contributed by atoms with Crippen molar-refractivity contribution in [1.29, 1.82) is 0 Å². The Morgan fingerprint density at radius 3 is 2.74 bits per heavy atom. The second-order valence-electron chi connectivity index (χ2n) is 5.90. The molecule has 7 nitrogen and oxygen atoms in total. The Bertz CT molecular complexity index is 1130. The Morgan fingerprint density at radius 1 is 1.15 bits per heavy atom. The van der Waals surface area contributed by atoms with E-state index in [0.29, 0.717) is 23.4 Å². The van der Waals surface area contributed by atoms with Gasteiger partial charge >= 0.3 is 0 Å². The van der Waals surface area contributed by atoms with Gasteiger partial charge in [-0.1, -0.05) is 6.07 Å². The zero-order chi connectivity index (χ0) is 19.0. The van der Waals surface area contributed by atoms with Crippen LogP contribution in [0, 0.1) is 11.6 Å². The van der Waals surface area contributed by atoms with Crippen LogP contribution in [0.3, 0.4) is 0 Å². The van der Waals surface area contributed by atoms with Gasteiger partial charge in [0.1, 0.15) is 17.5 Å². The van der Waals surface area contributed by atoms with Crippen molar-refractivity contribution in [2.45, 2.75) is 6.54 Å². The summed E-state index contributed by atoms with van der Waals surface area (Å²) in [5.74, 6) is -0.881. The maximum atomic E-state index is 14.4. The number of hydrogen-bond donors (Lipinski definition) is 2. The highest BCUT2D eigenvalue weighted by atomic mass is 19.1. The number of hydrogen-bond acceptors (Lipinski definition) is 6. The fourth-order valence-electron chi connectivity index (χ4n) is 2.74. The number of rotatable bonds is 4. The maximum Gasteiger partial charge on any atom is 0.225 e. The van der Waals surface area contributed by atoms with E-state index in [0.717, 1.165) is 11.8 Å². The lowest BCUT2D eigenvalue weighted by atomic mass is 10.1. The van der Waals surface area contributed by atoms with Gasteiger partial charge < -0.3 is 11.1 Å². The van der Waals surface area contributed by atoms with E-state index in [1.807, 2.05) is 18.2 Å². The number of aromatic nitrogens is 5. The second-order valence-corrected chi connectivity index (χ2v) is 5.90. The van der Waals surface area contributed by atoms with Gasteiger partial charge in [-0.25, -0.2) is 13.8 Å². The quantitative estimate of drug-likeness (QED) is 0.576. The number of anilines is 2. The molecular weight excluding hydrogens is 352 g/mol. The molecule has 3 heterocycles. The standard InChI is InChI=1S/C18H15F2N7/c1-27-16(21)14-15(12-6-5-10(19)8-13(12)20)24-18(25-17(14)26-27)23-9-11-4-2-3-7-22-11/h2-8H,9,21H2,1H3,(H,23,25,26). The molecule has 0 bridgehead atoms. The average Bonchev–Trinajstić information content (AvgIpc) is 2.94. The number of nitrogen functional groups attached to an aromatic ring is 1. The third kappa shape index (κ3) is 3.14. The molecule has 0 amide bonds. The molecule has 1 aromatic carbocycles. The van der Waals surface area contributed by atoms with E-state index >= 15 is 0 Å². The van der Waals surface area contributed by atoms with E-state index in [1.54, 1.807) is 13.2 Å². The van der Waals surface area contributed by atoms with E-state index in [4.69, 9.17) is 5.73 Å². The van der Waals surface area contributed by atoms with Crippen molar-refractivity contribution < 1.29 is 8.78 Å². The molecule has 0 radical (unpaired) electrons. The molecule has 0 atom stereocenters. The number of aryl methyl sites for hydroxylation is 1. The van der Waals surface area contributed by atoms with E-state index < -0.39 is 11.6 Å². The molecule has 0 aliphatic carbocycles. The molecule has 136 valence electrons. The molecule has 3 aromatic heterocycles. The van der Waals surface area contributed by atoms with Gasteiger partial charge in [-0.3, -0.25) is 9.67 Å².